The first-order valence-corrected chi connectivity index (χ1v) is 8.46. The van der Waals surface area contributed by atoms with E-state index in [1.165, 1.54) is 4.90 Å². The quantitative estimate of drug-likeness (QED) is 0.889. The molecule has 1 aliphatic rings. The highest BCUT2D eigenvalue weighted by molar-refractivity contribution is 6.35. The Bertz CT molecular complexity index is 826. The summed E-state index contributed by atoms with van der Waals surface area (Å²) >= 11 is 11.9. The minimum atomic E-state index is -0.584. The molecule has 0 aliphatic carbocycles. The smallest absolute Gasteiger partial charge is 0.265 e. The van der Waals surface area contributed by atoms with E-state index in [4.69, 9.17) is 27.9 Å². The zero-order chi connectivity index (χ0) is 18.0. The van der Waals surface area contributed by atoms with E-state index in [9.17, 15) is 9.59 Å². The summed E-state index contributed by atoms with van der Waals surface area (Å²) in [6, 6.07) is 11.7. The number of likely N-dealkylation sites (N-methyl/N-ethyl adjacent to an activating group) is 1. The van der Waals surface area contributed by atoms with Crippen LogP contribution in [0.4, 0.5) is 5.69 Å². The van der Waals surface area contributed by atoms with Crippen LogP contribution < -0.4 is 15.0 Å². The van der Waals surface area contributed by atoms with Crippen molar-refractivity contribution in [2.24, 2.45) is 0 Å². The van der Waals surface area contributed by atoms with Gasteiger partial charge in [-0.15, -0.1) is 0 Å². The monoisotopic (exact) mass is 378 g/mol. The highest BCUT2D eigenvalue weighted by atomic mass is 35.5. The molecule has 1 atom stereocenters. The topological polar surface area (TPSA) is 58.6 Å². The third-order valence-corrected chi connectivity index (χ3v) is 4.57. The number of amides is 2. The fourth-order valence-corrected chi connectivity index (χ4v) is 3.34. The molecule has 2 amide bonds. The molecule has 1 unspecified atom stereocenters. The Labute approximate surface area is 155 Å². The molecule has 130 valence electrons. The molecule has 2 aromatic rings. The lowest BCUT2D eigenvalue weighted by molar-refractivity contribution is -0.126. The number of halogens is 2. The lowest BCUT2D eigenvalue weighted by Crippen LogP contribution is -2.48. The first-order valence-electron chi connectivity index (χ1n) is 7.70. The van der Waals surface area contributed by atoms with E-state index in [1.807, 2.05) is 24.3 Å². The lowest BCUT2D eigenvalue weighted by atomic mass is 10.1. The average molecular weight is 379 g/mol. The number of carbonyl (C=O) groups is 2. The summed E-state index contributed by atoms with van der Waals surface area (Å²) < 4.78 is 5.53. The number of nitrogens with one attached hydrogen (secondary N) is 1. The number of para-hydroxylation sites is 1. The van der Waals surface area contributed by atoms with Crippen LogP contribution in [-0.2, 0) is 16.0 Å². The van der Waals surface area contributed by atoms with Gasteiger partial charge in [0.15, 0.2) is 6.61 Å². The van der Waals surface area contributed by atoms with E-state index in [-0.39, 0.29) is 18.4 Å². The van der Waals surface area contributed by atoms with Crippen LogP contribution in [0.3, 0.4) is 0 Å². The van der Waals surface area contributed by atoms with Gasteiger partial charge in [0.25, 0.3) is 5.91 Å². The van der Waals surface area contributed by atoms with Gasteiger partial charge in [-0.3, -0.25) is 14.5 Å². The van der Waals surface area contributed by atoms with Crippen molar-refractivity contribution in [3.8, 4) is 5.75 Å². The van der Waals surface area contributed by atoms with Crippen molar-refractivity contribution >= 4 is 40.7 Å². The van der Waals surface area contributed by atoms with Crippen LogP contribution in [0, 0.1) is 0 Å². The van der Waals surface area contributed by atoms with Crippen molar-refractivity contribution in [1.82, 2.24) is 5.32 Å². The highest BCUT2D eigenvalue weighted by Crippen LogP contribution is 2.33. The maximum absolute atomic E-state index is 12.7. The third kappa shape index (κ3) is 3.57. The summed E-state index contributed by atoms with van der Waals surface area (Å²) in [6.45, 7) is -0.233. The van der Waals surface area contributed by atoms with Crippen LogP contribution in [0.1, 0.15) is 5.56 Å². The molecule has 0 saturated heterocycles. The molecule has 2 aromatic carbocycles. The number of ether oxygens (including phenoxy) is 1. The van der Waals surface area contributed by atoms with Gasteiger partial charge in [0, 0.05) is 24.2 Å². The summed E-state index contributed by atoms with van der Waals surface area (Å²) in [5, 5.41) is 3.41. The number of hydrogen-bond acceptors (Lipinski definition) is 3. The van der Waals surface area contributed by atoms with E-state index in [1.54, 1.807) is 25.2 Å². The fourth-order valence-electron chi connectivity index (χ4n) is 2.87. The van der Waals surface area contributed by atoms with Gasteiger partial charge in [-0.05, 0) is 29.8 Å². The van der Waals surface area contributed by atoms with Gasteiger partial charge in [0.1, 0.15) is 11.8 Å². The molecule has 0 bridgehead atoms. The van der Waals surface area contributed by atoms with Crippen molar-refractivity contribution in [3.63, 3.8) is 0 Å². The molecule has 0 spiro atoms. The van der Waals surface area contributed by atoms with Crippen molar-refractivity contribution in [2.75, 3.05) is 18.6 Å². The van der Waals surface area contributed by atoms with Crippen molar-refractivity contribution < 1.29 is 14.3 Å². The molecule has 0 saturated carbocycles. The Hall–Kier alpha value is -2.24. The summed E-state index contributed by atoms with van der Waals surface area (Å²) in [5.74, 6) is -0.165. The van der Waals surface area contributed by atoms with Gasteiger partial charge in [0.2, 0.25) is 5.91 Å². The Kier molecular flexibility index (Phi) is 5.16. The maximum atomic E-state index is 12.7. The van der Waals surface area contributed by atoms with Crippen LogP contribution in [0.25, 0.3) is 0 Å². The van der Waals surface area contributed by atoms with Gasteiger partial charge >= 0.3 is 0 Å². The Morgan fingerprint density at radius 3 is 2.72 bits per heavy atom. The number of anilines is 1. The zero-order valence-corrected chi connectivity index (χ0v) is 15.0. The predicted molar refractivity (Wildman–Crippen MR) is 97.4 cm³/mol. The van der Waals surface area contributed by atoms with Crippen LogP contribution in [-0.4, -0.2) is 31.5 Å². The first kappa shape index (κ1) is 17.6. The normalized spacial score (nSPS) is 15.6. The van der Waals surface area contributed by atoms with Crippen molar-refractivity contribution in [1.29, 1.82) is 0 Å². The van der Waals surface area contributed by atoms with E-state index in [2.05, 4.69) is 5.32 Å². The number of nitrogens with zero attached hydrogens (tertiary/aromatic N) is 1. The molecular formula is C18H16Cl2N2O3. The summed E-state index contributed by atoms with van der Waals surface area (Å²) in [7, 11) is 1.55. The second-order valence-electron chi connectivity index (χ2n) is 5.59. The first-order chi connectivity index (χ1) is 12.0. The summed E-state index contributed by atoms with van der Waals surface area (Å²) in [6.07, 6.45) is 0.475. The Morgan fingerprint density at radius 1 is 1.24 bits per heavy atom. The average Bonchev–Trinajstić information content (AvgIpc) is 2.99. The van der Waals surface area contributed by atoms with Gasteiger partial charge in [-0.2, -0.15) is 0 Å². The number of carbonyl (C=O) groups excluding carboxylic acids is 2. The zero-order valence-electron chi connectivity index (χ0n) is 13.5. The van der Waals surface area contributed by atoms with Crippen LogP contribution in [0.2, 0.25) is 10.0 Å². The van der Waals surface area contributed by atoms with Gasteiger partial charge < -0.3 is 10.1 Å². The van der Waals surface area contributed by atoms with E-state index < -0.39 is 6.04 Å². The van der Waals surface area contributed by atoms with E-state index in [0.29, 0.717) is 22.2 Å². The number of benzene rings is 2. The molecule has 5 nitrogen and oxygen atoms in total. The van der Waals surface area contributed by atoms with Crippen LogP contribution in [0.5, 0.6) is 5.75 Å². The van der Waals surface area contributed by atoms with Gasteiger partial charge in [-0.25, -0.2) is 0 Å². The van der Waals surface area contributed by atoms with Crippen LogP contribution >= 0.6 is 23.2 Å². The maximum Gasteiger partial charge on any atom is 0.265 e. The van der Waals surface area contributed by atoms with Crippen molar-refractivity contribution in [2.45, 2.75) is 12.5 Å². The van der Waals surface area contributed by atoms with Crippen LogP contribution in [0.15, 0.2) is 42.5 Å². The number of rotatable bonds is 4. The Balaban J connectivity index is 1.80. The molecule has 0 fully saturated rings. The van der Waals surface area contributed by atoms with E-state index in [0.717, 1.165) is 11.3 Å². The lowest BCUT2D eigenvalue weighted by Gasteiger charge is -2.24. The van der Waals surface area contributed by atoms with Gasteiger partial charge in [-0.1, -0.05) is 41.4 Å². The molecule has 3 rings (SSSR count). The second kappa shape index (κ2) is 7.33. The predicted octanol–water partition coefficient (Wildman–Crippen LogP) is 3.08. The largest absolute Gasteiger partial charge is 0.482 e. The second-order valence-corrected chi connectivity index (χ2v) is 6.43. The minimum absolute atomic E-state index is 0.214. The summed E-state index contributed by atoms with van der Waals surface area (Å²) in [4.78, 5) is 26.4. The molecule has 1 N–H and O–H groups in total. The number of fused-ring (bicyclic) bond motifs is 1. The standard InChI is InChI=1S/C18H16Cl2N2O3/c1-21-18(24)15-8-11-4-2-3-5-14(11)22(15)17(23)10-25-16-7-6-12(19)9-13(16)20/h2-7,9,15H,8,10H2,1H3,(H,21,24). The molecule has 1 heterocycles. The van der Waals surface area contributed by atoms with Crippen molar-refractivity contribution in [3.05, 3.63) is 58.1 Å². The minimum Gasteiger partial charge on any atom is -0.482 e. The van der Waals surface area contributed by atoms with Gasteiger partial charge in [0.05, 0.1) is 5.02 Å². The molecule has 1 aliphatic heterocycles. The Morgan fingerprint density at radius 2 is 2.00 bits per heavy atom. The third-order valence-electron chi connectivity index (χ3n) is 4.04. The van der Waals surface area contributed by atoms with E-state index >= 15 is 0 Å². The molecule has 7 heteroatoms. The SMILES string of the molecule is CNC(=O)C1Cc2ccccc2N1C(=O)COc1ccc(Cl)cc1Cl. The molecule has 0 aromatic heterocycles. The fraction of sp³-hybridized carbons (Fsp3) is 0.222. The highest BCUT2D eigenvalue weighted by Gasteiger charge is 2.37. The molecular weight excluding hydrogens is 363 g/mol. The summed E-state index contributed by atoms with van der Waals surface area (Å²) in [5.41, 5.74) is 1.68. The molecule has 0 radical (unpaired) electrons. The number of hydrogen-bond donors (Lipinski definition) is 1. The molecule has 25 heavy (non-hydrogen) atoms.